The monoisotopic (exact) mass is 284 g/mol. The van der Waals surface area contributed by atoms with E-state index in [1.54, 1.807) is 24.2 Å². The summed E-state index contributed by atoms with van der Waals surface area (Å²) in [6.07, 6.45) is -0.674. The molecule has 0 unspecified atom stereocenters. The number of rotatable bonds is 5. The highest BCUT2D eigenvalue weighted by molar-refractivity contribution is 5.93. The molecule has 0 radical (unpaired) electrons. The highest BCUT2D eigenvalue weighted by atomic mass is 16.3. The van der Waals surface area contributed by atoms with Crippen molar-refractivity contribution < 1.29 is 9.90 Å². The first kappa shape index (κ1) is 15.2. The topological polar surface area (TPSA) is 52.6 Å². The summed E-state index contributed by atoms with van der Waals surface area (Å²) >= 11 is 0. The Kier molecular flexibility index (Phi) is 5.09. The molecule has 2 atom stereocenters. The third-order valence-corrected chi connectivity index (χ3v) is 3.52. The molecule has 1 amide bonds. The van der Waals surface area contributed by atoms with Gasteiger partial charge in [-0.3, -0.25) is 10.2 Å². The molecule has 0 bridgehead atoms. The number of aliphatic hydroxyl groups is 1. The molecule has 110 valence electrons. The SMILES string of the molecule is C[C@@H]([C@H](O)c1ccccc1)N(C)NC(=O)c1ccccc1. The van der Waals surface area contributed by atoms with Crippen LogP contribution in [0.25, 0.3) is 0 Å². The second-order valence-corrected chi connectivity index (χ2v) is 5.01. The molecule has 2 N–H and O–H groups in total. The van der Waals surface area contributed by atoms with E-state index < -0.39 is 6.10 Å². The predicted octanol–water partition coefficient (Wildman–Crippen LogP) is 2.39. The minimum atomic E-state index is -0.674. The Morgan fingerprint density at radius 3 is 2.14 bits per heavy atom. The van der Waals surface area contributed by atoms with Gasteiger partial charge in [0.25, 0.3) is 5.91 Å². The van der Waals surface area contributed by atoms with Gasteiger partial charge in [-0.25, -0.2) is 5.01 Å². The zero-order valence-corrected chi connectivity index (χ0v) is 12.2. The lowest BCUT2D eigenvalue weighted by Crippen LogP contribution is -2.47. The summed E-state index contributed by atoms with van der Waals surface area (Å²) in [5.41, 5.74) is 4.19. The summed E-state index contributed by atoms with van der Waals surface area (Å²) in [5.74, 6) is -0.190. The summed E-state index contributed by atoms with van der Waals surface area (Å²) in [7, 11) is 1.75. The molecule has 0 fully saturated rings. The average Bonchev–Trinajstić information content (AvgIpc) is 2.55. The Hall–Kier alpha value is -2.17. The van der Waals surface area contributed by atoms with Crippen LogP contribution in [0.1, 0.15) is 28.9 Å². The fourth-order valence-corrected chi connectivity index (χ4v) is 2.06. The van der Waals surface area contributed by atoms with Gasteiger partial charge < -0.3 is 5.11 Å². The van der Waals surface area contributed by atoms with Crippen LogP contribution < -0.4 is 5.43 Å². The number of benzene rings is 2. The molecule has 0 saturated heterocycles. The summed E-state index contributed by atoms with van der Waals surface area (Å²) in [5, 5.41) is 12.0. The number of carbonyl (C=O) groups excluding carboxylic acids is 1. The van der Waals surface area contributed by atoms with Crippen molar-refractivity contribution in [1.82, 2.24) is 10.4 Å². The van der Waals surface area contributed by atoms with E-state index in [4.69, 9.17) is 0 Å². The van der Waals surface area contributed by atoms with Crippen LogP contribution in [0.5, 0.6) is 0 Å². The first-order chi connectivity index (χ1) is 10.1. The fourth-order valence-electron chi connectivity index (χ4n) is 2.06. The van der Waals surface area contributed by atoms with Gasteiger partial charge in [0.15, 0.2) is 0 Å². The molecule has 2 aromatic carbocycles. The van der Waals surface area contributed by atoms with Gasteiger partial charge >= 0.3 is 0 Å². The number of carbonyl (C=O) groups is 1. The van der Waals surface area contributed by atoms with E-state index in [1.807, 2.05) is 55.5 Å². The van der Waals surface area contributed by atoms with Gasteiger partial charge in [-0.1, -0.05) is 48.5 Å². The van der Waals surface area contributed by atoms with Crippen molar-refractivity contribution in [2.75, 3.05) is 7.05 Å². The van der Waals surface area contributed by atoms with E-state index in [2.05, 4.69) is 5.43 Å². The molecule has 0 aromatic heterocycles. The third-order valence-electron chi connectivity index (χ3n) is 3.52. The zero-order chi connectivity index (χ0) is 15.2. The standard InChI is InChI=1S/C17H20N2O2/c1-13(16(20)14-9-5-3-6-10-14)19(2)18-17(21)15-11-7-4-8-12-15/h3-13,16,20H,1-2H3,(H,18,21)/t13-,16-/m0/s1. The second kappa shape index (κ2) is 7.02. The number of likely N-dealkylation sites (N-methyl/N-ethyl adjacent to an activating group) is 1. The van der Waals surface area contributed by atoms with Crippen molar-refractivity contribution in [3.63, 3.8) is 0 Å². The maximum Gasteiger partial charge on any atom is 0.265 e. The van der Waals surface area contributed by atoms with Crippen molar-refractivity contribution in [3.05, 3.63) is 71.8 Å². The van der Waals surface area contributed by atoms with Crippen LogP contribution in [0.15, 0.2) is 60.7 Å². The van der Waals surface area contributed by atoms with E-state index in [0.717, 1.165) is 5.56 Å². The molecular weight excluding hydrogens is 264 g/mol. The van der Waals surface area contributed by atoms with Gasteiger partial charge in [0.2, 0.25) is 0 Å². The Labute approximate surface area is 125 Å². The molecule has 0 saturated carbocycles. The molecule has 0 spiro atoms. The van der Waals surface area contributed by atoms with Gasteiger partial charge in [-0.2, -0.15) is 0 Å². The number of nitrogens with zero attached hydrogens (tertiary/aromatic N) is 1. The molecule has 2 aromatic rings. The maximum absolute atomic E-state index is 12.1. The van der Waals surface area contributed by atoms with Crippen LogP contribution in [0.4, 0.5) is 0 Å². The number of hydrogen-bond donors (Lipinski definition) is 2. The van der Waals surface area contributed by atoms with Crippen molar-refractivity contribution in [2.24, 2.45) is 0 Å². The normalized spacial score (nSPS) is 13.7. The Morgan fingerprint density at radius 1 is 1.05 bits per heavy atom. The van der Waals surface area contributed by atoms with Crippen LogP contribution in [-0.2, 0) is 0 Å². The third kappa shape index (κ3) is 3.90. The Bertz CT molecular complexity index is 572. The van der Waals surface area contributed by atoms with E-state index in [0.29, 0.717) is 5.56 Å². The molecule has 0 heterocycles. The zero-order valence-electron chi connectivity index (χ0n) is 12.2. The first-order valence-corrected chi connectivity index (χ1v) is 6.91. The van der Waals surface area contributed by atoms with Crippen LogP contribution in [0, 0.1) is 0 Å². The van der Waals surface area contributed by atoms with E-state index >= 15 is 0 Å². The summed E-state index contributed by atoms with van der Waals surface area (Å²) in [6.45, 7) is 1.86. The van der Waals surface area contributed by atoms with Crippen molar-refractivity contribution in [1.29, 1.82) is 0 Å². The number of hydrogen-bond acceptors (Lipinski definition) is 3. The number of amides is 1. The maximum atomic E-state index is 12.1. The lowest BCUT2D eigenvalue weighted by Gasteiger charge is -2.29. The largest absolute Gasteiger partial charge is 0.387 e. The molecule has 0 aliphatic carbocycles. The quantitative estimate of drug-likeness (QED) is 0.829. The van der Waals surface area contributed by atoms with Gasteiger partial charge in [0, 0.05) is 12.6 Å². The van der Waals surface area contributed by atoms with Crippen LogP contribution in [0.2, 0.25) is 0 Å². The fraction of sp³-hybridized carbons (Fsp3) is 0.235. The number of aliphatic hydroxyl groups excluding tert-OH is 1. The first-order valence-electron chi connectivity index (χ1n) is 6.91. The lowest BCUT2D eigenvalue weighted by atomic mass is 10.0. The molecule has 0 aliphatic rings. The molecule has 2 rings (SSSR count). The van der Waals surface area contributed by atoms with E-state index in [9.17, 15) is 9.90 Å². The van der Waals surface area contributed by atoms with Crippen LogP contribution in [0.3, 0.4) is 0 Å². The van der Waals surface area contributed by atoms with E-state index in [1.165, 1.54) is 0 Å². The Morgan fingerprint density at radius 2 is 1.57 bits per heavy atom. The van der Waals surface area contributed by atoms with Gasteiger partial charge in [-0.05, 0) is 24.6 Å². The molecule has 4 nitrogen and oxygen atoms in total. The molecular formula is C17H20N2O2. The summed E-state index contributed by atoms with van der Waals surface area (Å²) in [4.78, 5) is 12.1. The summed E-state index contributed by atoms with van der Waals surface area (Å²) in [6, 6.07) is 18.2. The molecule has 0 aliphatic heterocycles. The molecule has 4 heteroatoms. The van der Waals surface area contributed by atoms with Gasteiger partial charge in [0.05, 0.1) is 12.1 Å². The average molecular weight is 284 g/mol. The number of nitrogens with one attached hydrogen (secondary N) is 1. The second-order valence-electron chi connectivity index (χ2n) is 5.01. The highest BCUT2D eigenvalue weighted by Gasteiger charge is 2.21. The summed E-state index contributed by atoms with van der Waals surface area (Å²) < 4.78 is 0. The lowest BCUT2D eigenvalue weighted by molar-refractivity contribution is 0.0386. The highest BCUT2D eigenvalue weighted by Crippen LogP contribution is 2.18. The van der Waals surface area contributed by atoms with Crippen LogP contribution in [-0.4, -0.2) is 29.1 Å². The smallest absolute Gasteiger partial charge is 0.265 e. The van der Waals surface area contributed by atoms with Crippen molar-refractivity contribution in [3.8, 4) is 0 Å². The minimum Gasteiger partial charge on any atom is -0.387 e. The van der Waals surface area contributed by atoms with Gasteiger partial charge in [0.1, 0.15) is 0 Å². The molecule has 21 heavy (non-hydrogen) atoms. The number of hydrazine groups is 1. The Balaban J connectivity index is 2.00. The van der Waals surface area contributed by atoms with Crippen molar-refractivity contribution in [2.45, 2.75) is 19.1 Å². The predicted molar refractivity (Wildman–Crippen MR) is 82.5 cm³/mol. The van der Waals surface area contributed by atoms with Gasteiger partial charge in [-0.15, -0.1) is 0 Å². The minimum absolute atomic E-state index is 0.190. The van der Waals surface area contributed by atoms with Crippen LogP contribution >= 0.6 is 0 Å². The van der Waals surface area contributed by atoms with E-state index in [-0.39, 0.29) is 11.9 Å². The van der Waals surface area contributed by atoms with Crippen molar-refractivity contribution >= 4 is 5.91 Å².